The number of aliphatic hydroxyl groups excluding tert-OH is 1. The van der Waals surface area contributed by atoms with Crippen LogP contribution in [0.15, 0.2) is 69.6 Å². The van der Waals surface area contributed by atoms with Gasteiger partial charge >= 0.3 is 0 Å². The van der Waals surface area contributed by atoms with Crippen LogP contribution in [0.4, 0.5) is 4.39 Å². The van der Waals surface area contributed by atoms with Crippen molar-refractivity contribution in [2.45, 2.75) is 10.7 Å². The molecule has 2 aliphatic rings. The number of rotatable bonds is 4. The van der Waals surface area contributed by atoms with E-state index in [0.29, 0.717) is 29.9 Å². The number of ether oxygens (including phenoxy) is 1. The summed E-state index contributed by atoms with van der Waals surface area (Å²) in [6, 6.07) is 11.2. The average Bonchev–Trinajstić information content (AvgIpc) is 2.70. The summed E-state index contributed by atoms with van der Waals surface area (Å²) in [5.41, 5.74) is 1.35. The third-order valence-electron chi connectivity index (χ3n) is 5.05. The Balaban J connectivity index is 1.88. The molecule has 0 aromatic heterocycles. The van der Waals surface area contributed by atoms with Gasteiger partial charge in [-0.3, -0.25) is 4.90 Å². The van der Waals surface area contributed by atoms with Gasteiger partial charge in [-0.25, -0.2) is 4.39 Å². The van der Waals surface area contributed by atoms with Gasteiger partial charge in [0.2, 0.25) is 0 Å². The van der Waals surface area contributed by atoms with Crippen molar-refractivity contribution < 1.29 is 32.7 Å². The van der Waals surface area contributed by atoms with E-state index in [2.05, 4.69) is 4.40 Å². The van der Waals surface area contributed by atoms with Crippen LogP contribution in [0.25, 0.3) is 0 Å². The Morgan fingerprint density at radius 2 is 1.90 bits per heavy atom. The van der Waals surface area contributed by atoms with Crippen LogP contribution in [0, 0.1) is 5.82 Å². The molecule has 0 radical (unpaired) electrons. The molecule has 0 saturated carbocycles. The number of allylic oxidation sites excluding steroid dienone is 1. The van der Waals surface area contributed by atoms with Gasteiger partial charge in [-0.2, -0.15) is 12.8 Å². The molecule has 1 fully saturated rings. The molecule has 1 aliphatic heterocycles. The van der Waals surface area contributed by atoms with Crippen LogP contribution in [0.3, 0.4) is 0 Å². The third kappa shape index (κ3) is 3.52. The highest BCUT2D eigenvalue weighted by atomic mass is 32.2. The predicted octanol–water partition coefficient (Wildman–Crippen LogP) is -0.0463. The van der Waals surface area contributed by atoms with E-state index in [1.807, 2.05) is 0 Å². The van der Waals surface area contributed by atoms with E-state index in [1.165, 1.54) is 6.08 Å². The van der Waals surface area contributed by atoms with Crippen LogP contribution in [-0.4, -0.2) is 50.6 Å². The highest BCUT2D eigenvalue weighted by Crippen LogP contribution is 2.36. The second-order valence-corrected chi connectivity index (χ2v) is 8.43. The number of hydrogen-bond donors (Lipinski definition) is 3. The fraction of sp³-hybridized carbons (Fsp3) is 0.250. The fourth-order valence-electron chi connectivity index (χ4n) is 3.67. The maximum Gasteiger partial charge on any atom is 0.282 e. The van der Waals surface area contributed by atoms with Gasteiger partial charge in [0.1, 0.15) is 25.5 Å². The number of sulfonamides is 1. The van der Waals surface area contributed by atoms with Crippen LogP contribution < -0.4 is 4.90 Å². The minimum atomic E-state index is -4.11. The lowest BCUT2D eigenvalue weighted by atomic mass is 9.86. The molecule has 29 heavy (non-hydrogen) atoms. The van der Waals surface area contributed by atoms with Crippen molar-refractivity contribution >= 4 is 15.7 Å². The molecular weight excluding hydrogens is 399 g/mol. The minimum absolute atomic E-state index is 0.106. The van der Waals surface area contributed by atoms with E-state index in [0.717, 1.165) is 29.2 Å². The third-order valence-corrected chi connectivity index (χ3v) is 6.36. The van der Waals surface area contributed by atoms with E-state index >= 15 is 0 Å². The SMILES string of the molecule is O=S(=O)(N=C1C=C2[NH+](CCO)CCOC2(O)c2ccccc21)c1ccc(F)cc1. The number of morpholine rings is 1. The Kier molecular flexibility index (Phi) is 5.09. The maximum absolute atomic E-state index is 13.2. The van der Waals surface area contributed by atoms with E-state index in [1.54, 1.807) is 24.3 Å². The zero-order valence-corrected chi connectivity index (χ0v) is 16.2. The predicted molar refractivity (Wildman–Crippen MR) is 102 cm³/mol. The summed E-state index contributed by atoms with van der Waals surface area (Å²) in [4.78, 5) is 0.644. The number of aliphatic hydroxyl groups is 2. The lowest BCUT2D eigenvalue weighted by Crippen LogP contribution is -3.14. The maximum atomic E-state index is 13.2. The van der Waals surface area contributed by atoms with Crippen LogP contribution in [0.2, 0.25) is 0 Å². The average molecular weight is 419 g/mol. The van der Waals surface area contributed by atoms with Crippen LogP contribution in [0.5, 0.6) is 0 Å². The summed E-state index contributed by atoms with van der Waals surface area (Å²) in [6.07, 6.45) is 1.49. The molecule has 0 spiro atoms. The molecule has 4 rings (SSSR count). The second kappa shape index (κ2) is 7.43. The van der Waals surface area contributed by atoms with E-state index < -0.39 is 21.6 Å². The van der Waals surface area contributed by atoms with Crippen LogP contribution >= 0.6 is 0 Å². The molecule has 0 bridgehead atoms. The van der Waals surface area contributed by atoms with Gasteiger partial charge < -0.3 is 14.9 Å². The lowest BCUT2D eigenvalue weighted by Gasteiger charge is -2.41. The van der Waals surface area contributed by atoms with Crippen LogP contribution in [-0.2, 0) is 20.5 Å². The Hall–Kier alpha value is -2.43. The minimum Gasteiger partial charge on any atom is -0.391 e. The molecule has 2 aromatic rings. The summed E-state index contributed by atoms with van der Waals surface area (Å²) in [5, 5.41) is 20.6. The molecule has 1 saturated heterocycles. The smallest absolute Gasteiger partial charge is 0.282 e. The fourth-order valence-corrected chi connectivity index (χ4v) is 4.67. The highest BCUT2D eigenvalue weighted by molar-refractivity contribution is 7.90. The first-order valence-corrected chi connectivity index (χ1v) is 10.5. The molecule has 2 atom stereocenters. The number of nitrogens with one attached hydrogen (secondary N) is 1. The highest BCUT2D eigenvalue weighted by Gasteiger charge is 2.49. The summed E-state index contributed by atoms with van der Waals surface area (Å²) in [6.45, 7) is 1.01. The first-order valence-electron chi connectivity index (χ1n) is 9.10. The van der Waals surface area contributed by atoms with Gasteiger partial charge in [0.25, 0.3) is 15.8 Å². The molecule has 7 nitrogen and oxygen atoms in total. The normalized spacial score (nSPS) is 25.3. The van der Waals surface area contributed by atoms with Crippen molar-refractivity contribution in [3.05, 3.63) is 77.2 Å². The van der Waals surface area contributed by atoms with E-state index in [9.17, 15) is 23.0 Å². The van der Waals surface area contributed by atoms with Crippen molar-refractivity contribution in [1.29, 1.82) is 0 Å². The number of fused-ring (bicyclic) bond motifs is 3. The number of hydrogen-bond acceptors (Lipinski definition) is 5. The van der Waals surface area contributed by atoms with Crippen molar-refractivity contribution in [1.82, 2.24) is 0 Å². The van der Waals surface area contributed by atoms with Crippen molar-refractivity contribution in [2.75, 3.05) is 26.3 Å². The molecule has 0 amide bonds. The summed E-state index contributed by atoms with van der Waals surface area (Å²) >= 11 is 0. The largest absolute Gasteiger partial charge is 0.391 e. The molecule has 2 aromatic carbocycles. The van der Waals surface area contributed by atoms with Gasteiger partial charge in [-0.1, -0.05) is 24.3 Å². The molecular formula is C20H20FN2O5S+. The quantitative estimate of drug-likeness (QED) is 0.646. The zero-order valence-electron chi connectivity index (χ0n) is 15.4. The Bertz CT molecular complexity index is 1100. The molecule has 1 aliphatic carbocycles. The first-order chi connectivity index (χ1) is 13.8. The molecule has 1 heterocycles. The van der Waals surface area contributed by atoms with E-state index in [4.69, 9.17) is 4.74 Å². The molecule has 3 N–H and O–H groups in total. The Morgan fingerprint density at radius 1 is 1.17 bits per heavy atom. The number of nitrogens with zero attached hydrogens (tertiary/aromatic N) is 1. The monoisotopic (exact) mass is 419 g/mol. The van der Waals surface area contributed by atoms with Gasteiger partial charge in [-0.05, 0) is 24.3 Å². The Morgan fingerprint density at radius 3 is 2.62 bits per heavy atom. The lowest BCUT2D eigenvalue weighted by molar-refractivity contribution is -0.882. The van der Waals surface area contributed by atoms with Gasteiger partial charge in [0.15, 0.2) is 5.70 Å². The summed E-state index contributed by atoms with van der Waals surface area (Å²) in [5.74, 6) is -2.27. The standard InChI is InChI=1S/C20H19FN2O5S/c21-14-5-7-15(8-6-14)29(26,27)22-18-13-19-20(25,17-4-2-1-3-16(17)18)28-12-10-23(19)9-11-24/h1-8,13,24-25H,9-12H2/p+1. The summed E-state index contributed by atoms with van der Waals surface area (Å²) in [7, 11) is -4.11. The van der Waals surface area contributed by atoms with Crippen molar-refractivity contribution in [2.24, 2.45) is 4.40 Å². The first kappa shape index (κ1) is 19.9. The molecule has 9 heteroatoms. The number of quaternary nitrogens is 1. The molecule has 2 unspecified atom stereocenters. The number of benzene rings is 2. The van der Waals surface area contributed by atoms with Gasteiger partial charge in [0, 0.05) is 17.2 Å². The summed E-state index contributed by atoms with van der Waals surface area (Å²) < 4.78 is 48.4. The van der Waals surface area contributed by atoms with E-state index in [-0.39, 0.29) is 23.8 Å². The Labute approximate surface area is 167 Å². The van der Waals surface area contributed by atoms with Gasteiger partial charge in [-0.15, -0.1) is 0 Å². The zero-order chi connectivity index (χ0) is 20.6. The van der Waals surface area contributed by atoms with Crippen molar-refractivity contribution in [3.63, 3.8) is 0 Å². The topological polar surface area (TPSA) is 101 Å². The van der Waals surface area contributed by atoms with Crippen LogP contribution in [0.1, 0.15) is 11.1 Å². The van der Waals surface area contributed by atoms with Crippen molar-refractivity contribution in [3.8, 4) is 0 Å². The molecule has 152 valence electrons. The van der Waals surface area contributed by atoms with Gasteiger partial charge in [0.05, 0.1) is 17.2 Å². The number of halogens is 1. The second-order valence-electron chi connectivity index (χ2n) is 6.83.